The Labute approximate surface area is 96.2 Å². The largest absolute Gasteiger partial charge is 0.387 e. The van der Waals surface area contributed by atoms with E-state index in [-0.39, 0.29) is 0 Å². The first-order valence-corrected chi connectivity index (χ1v) is 5.90. The lowest BCUT2D eigenvalue weighted by Gasteiger charge is -2.46. The molecule has 2 heterocycles. The van der Waals surface area contributed by atoms with Crippen molar-refractivity contribution in [1.82, 2.24) is 10.1 Å². The molecule has 1 aromatic rings. The third kappa shape index (κ3) is 2.13. The molecule has 0 unspecified atom stereocenters. The normalized spacial score (nSPS) is 19.8. The molecular weight excluding hydrogens is 204 g/mol. The number of hydrogen-bond acceptors (Lipinski definition) is 4. The highest BCUT2D eigenvalue weighted by atomic mass is 16.5. The molecule has 1 aromatic heterocycles. The van der Waals surface area contributed by atoms with Gasteiger partial charge in [-0.1, -0.05) is 18.5 Å². The van der Waals surface area contributed by atoms with E-state index in [0.717, 1.165) is 43.9 Å². The Morgan fingerprint density at radius 1 is 1.44 bits per heavy atom. The van der Waals surface area contributed by atoms with Gasteiger partial charge in [0.05, 0.1) is 11.3 Å². The predicted molar refractivity (Wildman–Crippen MR) is 61.1 cm³/mol. The zero-order valence-corrected chi connectivity index (χ0v) is 10.3. The van der Waals surface area contributed by atoms with Crippen LogP contribution in [0.1, 0.15) is 36.8 Å². The summed E-state index contributed by atoms with van der Waals surface area (Å²) in [5, 5.41) is 14.0. The number of aromatic nitrogens is 1. The van der Waals surface area contributed by atoms with Crippen molar-refractivity contribution in [3.8, 4) is 0 Å². The minimum absolute atomic E-state index is 0.451. The summed E-state index contributed by atoms with van der Waals surface area (Å²) in [7, 11) is 0. The zero-order valence-electron chi connectivity index (χ0n) is 10.3. The topological polar surface area (TPSA) is 49.5 Å². The van der Waals surface area contributed by atoms with Gasteiger partial charge in [-0.15, -0.1) is 0 Å². The predicted octanol–water partition coefficient (Wildman–Crippen LogP) is 1.64. The molecule has 4 nitrogen and oxygen atoms in total. The maximum absolute atomic E-state index is 10.1. The fraction of sp³-hybridized carbons (Fsp3) is 0.750. The lowest BCUT2D eigenvalue weighted by Crippen LogP contribution is -2.61. The van der Waals surface area contributed by atoms with E-state index in [9.17, 15) is 5.11 Å². The van der Waals surface area contributed by atoms with Crippen molar-refractivity contribution in [3.05, 3.63) is 17.0 Å². The number of likely N-dealkylation sites (tertiary alicyclic amines) is 1. The first-order valence-electron chi connectivity index (χ1n) is 5.90. The fourth-order valence-corrected chi connectivity index (χ4v) is 2.47. The molecule has 1 N–H and O–H groups in total. The van der Waals surface area contributed by atoms with Crippen LogP contribution in [-0.4, -0.2) is 33.9 Å². The molecule has 0 spiro atoms. The van der Waals surface area contributed by atoms with Crippen molar-refractivity contribution in [2.45, 2.75) is 45.8 Å². The quantitative estimate of drug-likeness (QED) is 0.844. The molecule has 0 radical (unpaired) electrons. The van der Waals surface area contributed by atoms with Crippen molar-refractivity contribution in [1.29, 1.82) is 0 Å². The van der Waals surface area contributed by atoms with Gasteiger partial charge in [-0.3, -0.25) is 4.90 Å². The molecule has 1 aliphatic heterocycles. The number of aliphatic hydroxyl groups is 1. The molecule has 0 amide bonds. The van der Waals surface area contributed by atoms with Crippen LogP contribution in [0.3, 0.4) is 0 Å². The van der Waals surface area contributed by atoms with Crippen molar-refractivity contribution < 1.29 is 9.63 Å². The molecule has 4 heteroatoms. The number of hydrogen-bond donors (Lipinski definition) is 1. The lowest BCUT2D eigenvalue weighted by molar-refractivity contribution is -0.106. The van der Waals surface area contributed by atoms with Crippen LogP contribution in [0, 0.1) is 13.8 Å². The summed E-state index contributed by atoms with van der Waals surface area (Å²) in [5.41, 5.74) is 1.68. The highest BCUT2D eigenvalue weighted by Crippen LogP contribution is 2.28. The van der Waals surface area contributed by atoms with E-state index in [0.29, 0.717) is 0 Å². The summed E-state index contributed by atoms with van der Waals surface area (Å²) in [6.45, 7) is 8.38. The van der Waals surface area contributed by atoms with Crippen molar-refractivity contribution >= 4 is 0 Å². The highest BCUT2D eigenvalue weighted by molar-refractivity contribution is 5.21. The molecule has 16 heavy (non-hydrogen) atoms. The number of aryl methyl sites for hydroxylation is 2. The van der Waals surface area contributed by atoms with Gasteiger partial charge >= 0.3 is 0 Å². The summed E-state index contributed by atoms with van der Waals surface area (Å²) in [5.74, 6) is 0.892. The average Bonchev–Trinajstić information content (AvgIpc) is 2.47. The molecule has 0 aliphatic carbocycles. The molecular formula is C12H20N2O2. The van der Waals surface area contributed by atoms with Crippen LogP contribution in [0.2, 0.25) is 0 Å². The van der Waals surface area contributed by atoms with Crippen molar-refractivity contribution in [3.63, 3.8) is 0 Å². The van der Waals surface area contributed by atoms with Gasteiger partial charge < -0.3 is 9.63 Å². The monoisotopic (exact) mass is 224 g/mol. The Balaban J connectivity index is 1.90. The Hall–Kier alpha value is -0.870. The van der Waals surface area contributed by atoms with Crippen LogP contribution in [0.25, 0.3) is 0 Å². The fourth-order valence-electron chi connectivity index (χ4n) is 2.47. The zero-order chi connectivity index (χ0) is 11.8. The van der Waals surface area contributed by atoms with Crippen LogP contribution in [-0.2, 0) is 6.54 Å². The van der Waals surface area contributed by atoms with E-state index in [4.69, 9.17) is 4.52 Å². The third-order valence-corrected chi connectivity index (χ3v) is 3.31. The summed E-state index contributed by atoms with van der Waals surface area (Å²) in [6.07, 6.45) is 1.93. The van der Waals surface area contributed by atoms with Gasteiger partial charge in [0, 0.05) is 25.2 Å². The number of β-amino-alcohol motifs (C(OH)–C–C–N with tert-alkyl or cyclic N) is 1. The van der Waals surface area contributed by atoms with Crippen LogP contribution < -0.4 is 0 Å². The Morgan fingerprint density at radius 2 is 2.12 bits per heavy atom. The first kappa shape index (κ1) is 11.6. The molecule has 0 aromatic carbocycles. The van der Waals surface area contributed by atoms with Crippen molar-refractivity contribution in [2.75, 3.05) is 13.1 Å². The van der Waals surface area contributed by atoms with E-state index < -0.39 is 5.60 Å². The van der Waals surface area contributed by atoms with Gasteiger partial charge in [0.15, 0.2) is 0 Å². The van der Waals surface area contributed by atoms with Crippen LogP contribution in [0.5, 0.6) is 0 Å². The summed E-state index contributed by atoms with van der Waals surface area (Å²) in [4.78, 5) is 2.24. The van der Waals surface area contributed by atoms with Crippen LogP contribution >= 0.6 is 0 Å². The van der Waals surface area contributed by atoms with Gasteiger partial charge in [-0.25, -0.2) is 0 Å². The lowest BCUT2D eigenvalue weighted by atomic mass is 9.89. The second kappa shape index (κ2) is 4.18. The SMILES string of the molecule is CCCC1(O)CN(Cc2c(C)noc2C)C1. The third-order valence-electron chi connectivity index (χ3n) is 3.31. The molecule has 1 aliphatic rings. The highest BCUT2D eigenvalue weighted by Gasteiger charge is 2.40. The number of nitrogens with zero attached hydrogens (tertiary/aromatic N) is 2. The maximum atomic E-state index is 10.1. The molecule has 90 valence electrons. The molecule has 0 bridgehead atoms. The summed E-state index contributed by atoms with van der Waals surface area (Å²) >= 11 is 0. The first-order chi connectivity index (χ1) is 7.54. The molecule has 1 saturated heterocycles. The van der Waals surface area contributed by atoms with Crippen molar-refractivity contribution in [2.24, 2.45) is 0 Å². The van der Waals surface area contributed by atoms with Gasteiger partial charge in [-0.05, 0) is 20.3 Å². The molecule has 2 rings (SSSR count). The van der Waals surface area contributed by atoms with Gasteiger partial charge in [0.1, 0.15) is 5.76 Å². The standard InChI is InChI=1S/C12H20N2O2/c1-4-5-12(15)7-14(8-12)6-11-9(2)13-16-10(11)3/h15H,4-8H2,1-3H3. The molecule has 0 saturated carbocycles. The van der Waals surface area contributed by atoms with Crippen LogP contribution in [0.4, 0.5) is 0 Å². The van der Waals surface area contributed by atoms with Gasteiger partial charge in [0.25, 0.3) is 0 Å². The van der Waals surface area contributed by atoms with E-state index in [1.54, 1.807) is 0 Å². The second-order valence-corrected chi connectivity index (χ2v) is 4.92. The Kier molecular flexibility index (Phi) is 3.04. The van der Waals surface area contributed by atoms with Gasteiger partial charge in [0.2, 0.25) is 0 Å². The minimum atomic E-state index is -0.451. The van der Waals surface area contributed by atoms with Gasteiger partial charge in [-0.2, -0.15) is 0 Å². The smallest absolute Gasteiger partial charge is 0.138 e. The van der Waals surface area contributed by atoms with E-state index in [1.165, 1.54) is 5.56 Å². The van der Waals surface area contributed by atoms with E-state index in [2.05, 4.69) is 17.0 Å². The maximum Gasteiger partial charge on any atom is 0.138 e. The summed E-state index contributed by atoms with van der Waals surface area (Å²) < 4.78 is 5.13. The van der Waals surface area contributed by atoms with E-state index >= 15 is 0 Å². The van der Waals surface area contributed by atoms with Crippen LogP contribution in [0.15, 0.2) is 4.52 Å². The molecule has 1 fully saturated rings. The average molecular weight is 224 g/mol. The molecule has 0 atom stereocenters. The van der Waals surface area contributed by atoms with E-state index in [1.807, 2.05) is 13.8 Å². The number of rotatable bonds is 4. The summed E-state index contributed by atoms with van der Waals surface area (Å²) in [6, 6.07) is 0. The second-order valence-electron chi connectivity index (χ2n) is 4.92. The minimum Gasteiger partial charge on any atom is -0.387 e. The Morgan fingerprint density at radius 3 is 2.62 bits per heavy atom. The Bertz CT molecular complexity index is 348.